The molecule has 1 N–H and O–H groups in total. The molecular formula is C16H16ClF2NO. The van der Waals surface area contributed by atoms with Crippen molar-refractivity contribution < 1.29 is 13.5 Å². The van der Waals surface area contributed by atoms with Crippen molar-refractivity contribution in [2.45, 2.75) is 12.5 Å². The van der Waals surface area contributed by atoms with Crippen LogP contribution in [0.2, 0.25) is 5.02 Å². The third-order valence-electron chi connectivity index (χ3n) is 3.19. The van der Waals surface area contributed by atoms with Crippen LogP contribution in [0.5, 0.6) is 5.75 Å². The smallest absolute Gasteiger partial charge is 0.129 e. The van der Waals surface area contributed by atoms with Crippen LogP contribution in [0.15, 0.2) is 42.5 Å². The molecule has 0 spiro atoms. The highest BCUT2D eigenvalue weighted by atomic mass is 35.5. The zero-order valence-electron chi connectivity index (χ0n) is 11.6. The maximum atomic E-state index is 13.6. The van der Waals surface area contributed by atoms with Gasteiger partial charge in [-0.15, -0.1) is 0 Å². The summed E-state index contributed by atoms with van der Waals surface area (Å²) in [6, 6.07) is 10.6. The molecule has 1 atom stereocenters. The van der Waals surface area contributed by atoms with Gasteiger partial charge in [0, 0.05) is 16.6 Å². The van der Waals surface area contributed by atoms with Crippen LogP contribution in [0, 0.1) is 11.6 Å². The average molecular weight is 312 g/mol. The minimum absolute atomic E-state index is 0.0663. The second-order valence-electron chi connectivity index (χ2n) is 4.65. The standard InChI is InChI=1S/C16H16ClF2NO/c1-20-12(9-14-15(18)3-2-4-16(14)19)10-21-13-7-5-11(17)6-8-13/h2-8,12,20H,9-10H2,1H3. The van der Waals surface area contributed by atoms with Crippen LogP contribution >= 0.6 is 11.6 Å². The summed E-state index contributed by atoms with van der Waals surface area (Å²) in [5.41, 5.74) is 0.0663. The minimum Gasteiger partial charge on any atom is -0.492 e. The minimum atomic E-state index is -0.540. The van der Waals surface area contributed by atoms with Gasteiger partial charge in [-0.05, 0) is 49.9 Å². The maximum Gasteiger partial charge on any atom is 0.129 e. The molecule has 0 saturated heterocycles. The van der Waals surface area contributed by atoms with E-state index in [0.717, 1.165) is 0 Å². The Labute approximate surface area is 127 Å². The van der Waals surface area contributed by atoms with E-state index in [9.17, 15) is 8.78 Å². The Bertz CT molecular complexity index is 569. The summed E-state index contributed by atoms with van der Waals surface area (Å²) in [5.74, 6) is -0.419. The Morgan fingerprint density at radius 3 is 2.29 bits per heavy atom. The van der Waals surface area contributed by atoms with Crippen molar-refractivity contribution in [3.05, 3.63) is 64.7 Å². The third kappa shape index (κ3) is 4.41. The molecule has 2 nitrogen and oxygen atoms in total. The largest absolute Gasteiger partial charge is 0.492 e. The Balaban J connectivity index is 1.98. The van der Waals surface area contributed by atoms with Crippen molar-refractivity contribution in [3.8, 4) is 5.75 Å². The van der Waals surface area contributed by atoms with Crippen LogP contribution < -0.4 is 10.1 Å². The molecule has 0 amide bonds. The van der Waals surface area contributed by atoms with Gasteiger partial charge >= 0.3 is 0 Å². The Kier molecular flexibility index (Phi) is 5.53. The highest BCUT2D eigenvalue weighted by molar-refractivity contribution is 6.30. The van der Waals surface area contributed by atoms with Gasteiger partial charge in [0.1, 0.15) is 24.0 Å². The van der Waals surface area contributed by atoms with Crippen molar-refractivity contribution in [3.63, 3.8) is 0 Å². The topological polar surface area (TPSA) is 21.3 Å². The van der Waals surface area contributed by atoms with Crippen LogP contribution in [0.3, 0.4) is 0 Å². The second kappa shape index (κ2) is 7.38. The van der Waals surface area contributed by atoms with Crippen LogP contribution in [-0.4, -0.2) is 19.7 Å². The van der Waals surface area contributed by atoms with Gasteiger partial charge in [-0.1, -0.05) is 17.7 Å². The molecule has 0 fully saturated rings. The van der Waals surface area contributed by atoms with Gasteiger partial charge in [0.2, 0.25) is 0 Å². The molecule has 0 aliphatic carbocycles. The normalized spacial score (nSPS) is 12.2. The Morgan fingerprint density at radius 2 is 1.71 bits per heavy atom. The van der Waals surface area contributed by atoms with Crippen molar-refractivity contribution in [1.82, 2.24) is 5.32 Å². The van der Waals surface area contributed by atoms with E-state index >= 15 is 0 Å². The Hall–Kier alpha value is -1.65. The number of benzene rings is 2. The molecule has 0 heterocycles. The number of nitrogens with one attached hydrogen (secondary N) is 1. The van der Waals surface area contributed by atoms with Crippen LogP contribution in [0.25, 0.3) is 0 Å². The van der Waals surface area contributed by atoms with Crippen LogP contribution in [-0.2, 0) is 6.42 Å². The molecule has 0 radical (unpaired) electrons. The number of halogens is 3. The summed E-state index contributed by atoms with van der Waals surface area (Å²) in [6.45, 7) is 0.298. The zero-order chi connectivity index (χ0) is 15.2. The molecule has 0 aliphatic rings. The van der Waals surface area contributed by atoms with E-state index in [1.807, 2.05) is 0 Å². The average Bonchev–Trinajstić information content (AvgIpc) is 2.48. The van der Waals surface area contributed by atoms with Gasteiger partial charge in [-0.2, -0.15) is 0 Å². The molecule has 2 aromatic carbocycles. The third-order valence-corrected chi connectivity index (χ3v) is 3.44. The first kappa shape index (κ1) is 15.7. The van der Waals surface area contributed by atoms with Gasteiger partial charge in [0.05, 0.1) is 0 Å². The van der Waals surface area contributed by atoms with Crippen molar-refractivity contribution >= 4 is 11.6 Å². The summed E-state index contributed by atoms with van der Waals surface area (Å²) in [7, 11) is 1.73. The maximum absolute atomic E-state index is 13.6. The second-order valence-corrected chi connectivity index (χ2v) is 5.09. The van der Waals surface area contributed by atoms with E-state index in [1.165, 1.54) is 18.2 Å². The molecule has 112 valence electrons. The number of rotatable bonds is 6. The lowest BCUT2D eigenvalue weighted by molar-refractivity contribution is 0.268. The zero-order valence-corrected chi connectivity index (χ0v) is 12.3. The first-order chi connectivity index (χ1) is 10.1. The predicted octanol–water partition coefficient (Wildman–Crippen LogP) is 3.83. The number of likely N-dealkylation sites (N-methyl/N-ethyl adjacent to an activating group) is 1. The number of hydrogen-bond acceptors (Lipinski definition) is 2. The SMILES string of the molecule is CNC(COc1ccc(Cl)cc1)Cc1c(F)cccc1F. The molecular weight excluding hydrogens is 296 g/mol. The highest BCUT2D eigenvalue weighted by Gasteiger charge is 2.15. The van der Waals surface area contributed by atoms with E-state index in [2.05, 4.69) is 5.32 Å². The number of hydrogen-bond donors (Lipinski definition) is 1. The van der Waals surface area contributed by atoms with Crippen molar-refractivity contribution in [2.24, 2.45) is 0 Å². The molecule has 0 saturated carbocycles. The molecule has 0 bridgehead atoms. The van der Waals surface area contributed by atoms with E-state index in [-0.39, 0.29) is 18.0 Å². The summed E-state index contributed by atoms with van der Waals surface area (Å²) in [4.78, 5) is 0. The molecule has 21 heavy (non-hydrogen) atoms. The van der Waals surface area contributed by atoms with Crippen LogP contribution in [0.1, 0.15) is 5.56 Å². The number of ether oxygens (including phenoxy) is 1. The summed E-state index contributed by atoms with van der Waals surface area (Å²) in [5, 5.41) is 3.63. The van der Waals surface area contributed by atoms with Gasteiger partial charge < -0.3 is 10.1 Å². The fraction of sp³-hybridized carbons (Fsp3) is 0.250. The van der Waals surface area contributed by atoms with E-state index in [4.69, 9.17) is 16.3 Å². The van der Waals surface area contributed by atoms with Gasteiger partial charge in [-0.3, -0.25) is 0 Å². The van der Waals surface area contributed by atoms with E-state index < -0.39 is 11.6 Å². The summed E-state index contributed by atoms with van der Waals surface area (Å²) in [6.07, 6.45) is 0.211. The predicted molar refractivity (Wildman–Crippen MR) is 79.9 cm³/mol. The summed E-state index contributed by atoms with van der Waals surface area (Å²) < 4.78 is 32.9. The Morgan fingerprint density at radius 1 is 1.10 bits per heavy atom. The van der Waals surface area contributed by atoms with Crippen molar-refractivity contribution in [1.29, 1.82) is 0 Å². The molecule has 0 aliphatic heterocycles. The highest BCUT2D eigenvalue weighted by Crippen LogP contribution is 2.17. The fourth-order valence-electron chi connectivity index (χ4n) is 1.95. The lowest BCUT2D eigenvalue weighted by atomic mass is 10.1. The van der Waals surface area contributed by atoms with E-state index in [1.54, 1.807) is 31.3 Å². The van der Waals surface area contributed by atoms with Crippen LogP contribution in [0.4, 0.5) is 8.78 Å². The lowest BCUT2D eigenvalue weighted by Gasteiger charge is -2.18. The monoisotopic (exact) mass is 311 g/mol. The quantitative estimate of drug-likeness (QED) is 0.875. The molecule has 2 aromatic rings. The van der Waals surface area contributed by atoms with Gasteiger partial charge in [0.15, 0.2) is 0 Å². The molecule has 1 unspecified atom stereocenters. The van der Waals surface area contributed by atoms with E-state index in [0.29, 0.717) is 17.4 Å². The van der Waals surface area contributed by atoms with Crippen molar-refractivity contribution in [2.75, 3.05) is 13.7 Å². The first-order valence-electron chi connectivity index (χ1n) is 6.58. The molecule has 2 rings (SSSR count). The first-order valence-corrected chi connectivity index (χ1v) is 6.96. The molecule has 0 aromatic heterocycles. The van der Waals surface area contributed by atoms with Gasteiger partial charge in [0.25, 0.3) is 0 Å². The van der Waals surface area contributed by atoms with Gasteiger partial charge in [-0.25, -0.2) is 8.78 Å². The molecule has 5 heteroatoms. The fourth-order valence-corrected chi connectivity index (χ4v) is 2.07. The summed E-state index contributed by atoms with van der Waals surface area (Å²) >= 11 is 5.79. The lowest BCUT2D eigenvalue weighted by Crippen LogP contribution is -2.34.